The first-order valence-electron chi connectivity index (χ1n) is 9.06. The summed E-state index contributed by atoms with van der Waals surface area (Å²) in [5.41, 5.74) is -2.34. The van der Waals surface area contributed by atoms with Crippen LogP contribution in [0.15, 0.2) is 60.7 Å². The minimum Gasteiger partial charge on any atom is -0.438 e. The van der Waals surface area contributed by atoms with E-state index in [2.05, 4.69) is 10.3 Å². The van der Waals surface area contributed by atoms with Gasteiger partial charge in [0.2, 0.25) is 5.88 Å². The number of pyridine rings is 1. The van der Waals surface area contributed by atoms with Gasteiger partial charge in [-0.3, -0.25) is 4.79 Å². The maximum atomic E-state index is 13.8. The zero-order chi connectivity index (χ0) is 22.9. The minimum absolute atomic E-state index is 0.353. The molecular formula is C19H11F5N2O2. The van der Waals surface area contributed by atoms with Crippen LogP contribution in [0.2, 0.25) is 0 Å². The van der Waals surface area contributed by atoms with Gasteiger partial charge in [-0.2, -0.15) is 13.2 Å². The van der Waals surface area contributed by atoms with Gasteiger partial charge in [-0.05, 0) is 42.4 Å². The quantitative estimate of drug-likeness (QED) is 0.598. The normalized spacial score (nSPS) is 12.7. The van der Waals surface area contributed by atoms with E-state index < -0.39 is 59.0 Å². The number of aromatic nitrogens is 1. The Labute approximate surface area is 159 Å². The molecule has 0 aliphatic rings. The van der Waals surface area contributed by atoms with Crippen molar-refractivity contribution < 1.29 is 35.6 Å². The molecule has 3 rings (SSSR count). The second-order valence-corrected chi connectivity index (χ2v) is 5.30. The van der Waals surface area contributed by atoms with Gasteiger partial charge >= 0.3 is 6.18 Å². The number of hydrogen-bond donors (Lipinski definition) is 1. The number of hydrogen-bond acceptors (Lipinski definition) is 3. The van der Waals surface area contributed by atoms with Crippen LogP contribution in [0.3, 0.4) is 0 Å². The molecule has 0 bridgehead atoms. The zero-order valence-corrected chi connectivity index (χ0v) is 13.7. The van der Waals surface area contributed by atoms with Crippen LogP contribution >= 0.6 is 0 Å². The van der Waals surface area contributed by atoms with Crippen molar-refractivity contribution in [2.24, 2.45) is 0 Å². The number of ether oxygens (including phenoxy) is 1. The van der Waals surface area contributed by atoms with Crippen LogP contribution in [-0.4, -0.2) is 10.9 Å². The van der Waals surface area contributed by atoms with Gasteiger partial charge in [0.05, 0.1) is 15.4 Å². The molecule has 0 atom stereocenters. The van der Waals surface area contributed by atoms with Crippen LogP contribution in [0.5, 0.6) is 11.6 Å². The number of carbonyl (C=O) groups is 1. The summed E-state index contributed by atoms with van der Waals surface area (Å²) in [5, 5.41) is 2.15. The lowest BCUT2D eigenvalue weighted by Crippen LogP contribution is -2.14. The smallest absolute Gasteiger partial charge is 0.416 e. The van der Waals surface area contributed by atoms with E-state index in [-0.39, 0.29) is 11.3 Å². The van der Waals surface area contributed by atoms with Crippen LogP contribution in [0, 0.1) is 11.6 Å². The van der Waals surface area contributed by atoms with Crippen molar-refractivity contribution in [2.45, 2.75) is 6.18 Å². The van der Waals surface area contributed by atoms with E-state index in [1.165, 1.54) is 6.07 Å². The molecule has 1 amide bonds. The Kier molecular flexibility index (Phi) is 4.24. The summed E-state index contributed by atoms with van der Waals surface area (Å²) in [6.45, 7) is 0. The third kappa shape index (κ3) is 4.43. The summed E-state index contributed by atoms with van der Waals surface area (Å²) < 4.78 is 94.4. The van der Waals surface area contributed by atoms with Gasteiger partial charge in [0, 0.05) is 12.3 Å². The first kappa shape index (κ1) is 15.6. The van der Waals surface area contributed by atoms with Crippen LogP contribution < -0.4 is 10.1 Å². The fourth-order valence-corrected chi connectivity index (χ4v) is 2.09. The van der Waals surface area contributed by atoms with E-state index in [1.54, 1.807) is 0 Å². The number of alkyl halides is 3. The summed E-state index contributed by atoms with van der Waals surface area (Å²) in [5.74, 6) is -4.35. The molecule has 2 aromatic carbocycles. The number of halogens is 5. The Morgan fingerprint density at radius 1 is 1.14 bits per heavy atom. The Bertz CT molecular complexity index is 1170. The second-order valence-electron chi connectivity index (χ2n) is 5.30. The summed E-state index contributed by atoms with van der Waals surface area (Å²) in [4.78, 5) is 16.3. The molecule has 1 heterocycles. The Morgan fingerprint density at radius 3 is 2.64 bits per heavy atom. The maximum absolute atomic E-state index is 13.8. The van der Waals surface area contributed by atoms with E-state index in [0.717, 1.165) is 24.4 Å². The highest BCUT2D eigenvalue weighted by atomic mass is 19.4. The lowest BCUT2D eigenvalue weighted by atomic mass is 10.2. The third-order valence-electron chi connectivity index (χ3n) is 3.34. The van der Waals surface area contributed by atoms with E-state index in [1.807, 2.05) is 0 Å². The highest BCUT2D eigenvalue weighted by molar-refractivity contribution is 6.05. The number of benzene rings is 2. The highest BCUT2D eigenvalue weighted by Gasteiger charge is 2.30. The molecule has 3 aromatic rings. The monoisotopic (exact) mass is 397 g/mol. The lowest BCUT2D eigenvalue weighted by molar-refractivity contribution is -0.137. The molecule has 1 N–H and O–H groups in total. The molecule has 28 heavy (non-hydrogen) atoms. The molecule has 0 saturated heterocycles. The predicted molar refractivity (Wildman–Crippen MR) is 90.1 cm³/mol. The van der Waals surface area contributed by atoms with E-state index in [9.17, 15) is 26.7 Å². The fraction of sp³-hybridized carbons (Fsp3) is 0.0526. The van der Waals surface area contributed by atoms with Gasteiger partial charge < -0.3 is 10.1 Å². The van der Waals surface area contributed by atoms with Gasteiger partial charge in [0.25, 0.3) is 5.91 Å². The number of amides is 1. The molecule has 0 saturated carbocycles. The highest BCUT2D eigenvalue weighted by Crippen LogP contribution is 2.33. The van der Waals surface area contributed by atoms with Crippen molar-refractivity contribution in [3.8, 4) is 11.6 Å². The van der Waals surface area contributed by atoms with Gasteiger partial charge in [0.15, 0.2) is 0 Å². The number of nitrogens with zero attached hydrogens (tertiary/aromatic N) is 1. The summed E-state index contributed by atoms with van der Waals surface area (Å²) in [6, 6.07) is 2.35. The van der Waals surface area contributed by atoms with Gasteiger partial charge in [0.1, 0.15) is 22.9 Å². The standard InChI is InChI=1S/C19H11F5N2O2/c20-12-6-7-16(15(21)10-12)26-17(27)14-5-2-8-25-18(14)28-13-4-1-3-11(9-13)19(22,23)24/h1-10H,(H,26,27)/i3D,4D,9D. The van der Waals surface area contributed by atoms with Crippen molar-refractivity contribution in [2.75, 3.05) is 5.32 Å². The largest absolute Gasteiger partial charge is 0.438 e. The molecule has 4 nitrogen and oxygen atoms in total. The average molecular weight is 397 g/mol. The topological polar surface area (TPSA) is 51.2 Å². The molecule has 144 valence electrons. The van der Waals surface area contributed by atoms with Gasteiger partial charge in [-0.15, -0.1) is 0 Å². The van der Waals surface area contributed by atoms with E-state index >= 15 is 0 Å². The Hall–Kier alpha value is -3.49. The third-order valence-corrected chi connectivity index (χ3v) is 3.34. The van der Waals surface area contributed by atoms with Crippen LogP contribution in [0.25, 0.3) is 0 Å². The maximum Gasteiger partial charge on any atom is 0.416 e. The molecule has 9 heteroatoms. The number of rotatable bonds is 4. The van der Waals surface area contributed by atoms with Crippen molar-refractivity contribution in [3.05, 3.63) is 83.5 Å². The van der Waals surface area contributed by atoms with E-state index in [4.69, 9.17) is 8.85 Å². The molecule has 0 aliphatic carbocycles. The van der Waals surface area contributed by atoms with Crippen LogP contribution in [-0.2, 0) is 6.18 Å². The van der Waals surface area contributed by atoms with Crippen molar-refractivity contribution in [1.82, 2.24) is 4.98 Å². The summed E-state index contributed by atoms with van der Waals surface area (Å²) in [7, 11) is 0. The number of carbonyl (C=O) groups excluding carboxylic acids is 1. The van der Waals surface area contributed by atoms with Crippen LogP contribution in [0.1, 0.15) is 20.0 Å². The first-order chi connectivity index (χ1) is 14.5. The average Bonchev–Trinajstić information content (AvgIpc) is 2.66. The summed E-state index contributed by atoms with van der Waals surface area (Å²) in [6.07, 6.45) is -3.91. The second kappa shape index (κ2) is 7.63. The molecule has 0 radical (unpaired) electrons. The number of nitrogens with one attached hydrogen (secondary N) is 1. The summed E-state index contributed by atoms with van der Waals surface area (Å²) >= 11 is 0. The van der Waals surface area contributed by atoms with Gasteiger partial charge in [-0.25, -0.2) is 13.8 Å². The molecule has 0 spiro atoms. The molecular weight excluding hydrogens is 383 g/mol. The molecule has 0 unspecified atom stereocenters. The Morgan fingerprint density at radius 2 is 1.93 bits per heavy atom. The van der Waals surface area contributed by atoms with Crippen molar-refractivity contribution >= 4 is 11.6 Å². The van der Waals surface area contributed by atoms with Crippen molar-refractivity contribution in [1.29, 1.82) is 0 Å². The molecule has 1 aromatic heterocycles. The fourth-order valence-electron chi connectivity index (χ4n) is 2.09. The van der Waals surface area contributed by atoms with Crippen molar-refractivity contribution in [3.63, 3.8) is 0 Å². The predicted octanol–water partition coefficient (Wildman–Crippen LogP) is 5.42. The van der Waals surface area contributed by atoms with E-state index in [0.29, 0.717) is 12.1 Å². The minimum atomic E-state index is -5.05. The van der Waals surface area contributed by atoms with Crippen LogP contribution in [0.4, 0.5) is 27.6 Å². The molecule has 0 fully saturated rings. The Balaban J connectivity index is 1.99. The van der Waals surface area contributed by atoms with Gasteiger partial charge in [-0.1, -0.05) is 6.07 Å². The SMILES string of the molecule is [2H]c1cc([2H])c(C(F)(F)F)c([2H])c1Oc1ncccc1C(=O)Nc1ccc(F)cc1F. The lowest BCUT2D eigenvalue weighted by Gasteiger charge is -2.12. The molecule has 0 aliphatic heterocycles. The first-order valence-corrected chi connectivity index (χ1v) is 7.56. The zero-order valence-electron chi connectivity index (χ0n) is 16.7. The number of anilines is 1.